The van der Waals surface area contributed by atoms with E-state index < -0.39 is 0 Å². The third-order valence-corrected chi connectivity index (χ3v) is 3.03. The van der Waals surface area contributed by atoms with Crippen LogP contribution >= 0.6 is 15.9 Å². The number of methoxy groups -OCH3 is 1. The number of nitrogen functional groups attached to an aromatic ring is 1. The Kier molecular flexibility index (Phi) is 4.57. The van der Waals surface area contributed by atoms with E-state index in [2.05, 4.69) is 20.9 Å². The summed E-state index contributed by atoms with van der Waals surface area (Å²) in [7, 11) is 1.56. The molecule has 2 rings (SSSR count). The number of aromatic nitrogens is 1. The predicted octanol–water partition coefficient (Wildman–Crippen LogP) is 2.72. The van der Waals surface area contributed by atoms with Crippen LogP contribution in [-0.2, 0) is 6.61 Å². The zero-order chi connectivity index (χ0) is 14.5. The minimum absolute atomic E-state index is 0.0297. The molecule has 6 heteroatoms. The molecule has 0 fully saturated rings. The first-order valence-corrected chi connectivity index (χ1v) is 6.63. The van der Waals surface area contributed by atoms with Crippen LogP contribution in [0.5, 0.6) is 11.5 Å². The van der Waals surface area contributed by atoms with Crippen LogP contribution in [0.3, 0.4) is 0 Å². The van der Waals surface area contributed by atoms with Crippen molar-refractivity contribution in [3.8, 4) is 11.5 Å². The Bertz CT molecular complexity index is 632. The number of pyridine rings is 1. The highest BCUT2D eigenvalue weighted by atomic mass is 79.9. The smallest absolute Gasteiger partial charge is 0.124 e. The summed E-state index contributed by atoms with van der Waals surface area (Å²) in [6.45, 7) is 0.372. The van der Waals surface area contributed by atoms with Gasteiger partial charge in [-0.25, -0.2) is 0 Å². The molecule has 0 saturated heterocycles. The number of nitrogens with one attached hydrogen (secondary N) is 1. The SMILES string of the molecule is COc1cc(OCc2cncc(Br)c2)cc(C(=N)N)c1. The van der Waals surface area contributed by atoms with Gasteiger partial charge in [0.25, 0.3) is 0 Å². The van der Waals surface area contributed by atoms with Crippen molar-refractivity contribution in [2.75, 3.05) is 7.11 Å². The first-order chi connectivity index (χ1) is 9.58. The molecule has 0 amide bonds. The van der Waals surface area contributed by atoms with E-state index in [0.29, 0.717) is 23.7 Å². The normalized spacial score (nSPS) is 10.1. The molecule has 1 aromatic heterocycles. The average molecular weight is 336 g/mol. The van der Waals surface area contributed by atoms with Crippen molar-refractivity contribution in [2.24, 2.45) is 5.73 Å². The fourth-order valence-electron chi connectivity index (χ4n) is 1.63. The van der Waals surface area contributed by atoms with Crippen molar-refractivity contribution < 1.29 is 9.47 Å². The molecule has 0 radical (unpaired) electrons. The molecule has 0 atom stereocenters. The number of halogens is 1. The van der Waals surface area contributed by atoms with Crippen molar-refractivity contribution in [1.29, 1.82) is 5.41 Å². The summed E-state index contributed by atoms with van der Waals surface area (Å²) in [4.78, 5) is 4.07. The van der Waals surface area contributed by atoms with E-state index in [1.54, 1.807) is 37.7 Å². The molecule has 5 nitrogen and oxygen atoms in total. The van der Waals surface area contributed by atoms with Gasteiger partial charge in [0.1, 0.15) is 23.9 Å². The lowest BCUT2D eigenvalue weighted by Gasteiger charge is -2.10. The van der Waals surface area contributed by atoms with Crippen LogP contribution in [0.15, 0.2) is 41.1 Å². The number of benzene rings is 1. The maximum Gasteiger partial charge on any atom is 0.124 e. The van der Waals surface area contributed by atoms with Gasteiger partial charge in [-0.15, -0.1) is 0 Å². The molecule has 2 aromatic rings. The Balaban J connectivity index is 2.16. The van der Waals surface area contributed by atoms with Gasteiger partial charge in [-0.05, 0) is 34.1 Å². The second kappa shape index (κ2) is 6.38. The highest BCUT2D eigenvalue weighted by Crippen LogP contribution is 2.23. The maximum absolute atomic E-state index is 7.48. The number of nitrogens with two attached hydrogens (primary N) is 1. The molecular formula is C14H14BrN3O2. The monoisotopic (exact) mass is 335 g/mol. The van der Waals surface area contributed by atoms with Gasteiger partial charge in [0, 0.05) is 34.1 Å². The van der Waals surface area contributed by atoms with E-state index in [-0.39, 0.29) is 5.84 Å². The molecule has 0 unspecified atom stereocenters. The maximum atomic E-state index is 7.48. The van der Waals surface area contributed by atoms with Crippen LogP contribution in [0.1, 0.15) is 11.1 Å². The van der Waals surface area contributed by atoms with Crippen molar-refractivity contribution in [2.45, 2.75) is 6.61 Å². The Morgan fingerprint density at radius 2 is 2.00 bits per heavy atom. The Morgan fingerprint density at radius 3 is 2.65 bits per heavy atom. The van der Waals surface area contributed by atoms with E-state index in [9.17, 15) is 0 Å². The molecule has 0 aliphatic rings. The Morgan fingerprint density at radius 1 is 1.25 bits per heavy atom. The van der Waals surface area contributed by atoms with Gasteiger partial charge in [-0.2, -0.15) is 0 Å². The summed E-state index contributed by atoms with van der Waals surface area (Å²) in [6, 6.07) is 7.07. The summed E-state index contributed by atoms with van der Waals surface area (Å²) >= 11 is 3.36. The molecule has 20 heavy (non-hydrogen) atoms. The van der Waals surface area contributed by atoms with Crippen LogP contribution in [0, 0.1) is 5.41 Å². The molecule has 3 N–H and O–H groups in total. The standard InChI is InChI=1S/C14H14BrN3O2/c1-19-12-3-10(14(16)17)4-13(5-12)20-8-9-2-11(15)7-18-6-9/h2-7H,8H2,1H3,(H3,16,17). The number of amidine groups is 1. The minimum atomic E-state index is -0.0297. The molecule has 1 heterocycles. The van der Waals surface area contributed by atoms with Crippen molar-refractivity contribution in [3.63, 3.8) is 0 Å². The van der Waals surface area contributed by atoms with Gasteiger partial charge in [-0.1, -0.05) is 0 Å². The van der Waals surface area contributed by atoms with Crippen molar-refractivity contribution in [1.82, 2.24) is 4.98 Å². The van der Waals surface area contributed by atoms with Gasteiger partial charge in [0.2, 0.25) is 0 Å². The number of hydrogen-bond acceptors (Lipinski definition) is 4. The van der Waals surface area contributed by atoms with Crippen LogP contribution in [0.4, 0.5) is 0 Å². The quantitative estimate of drug-likeness (QED) is 0.650. The third kappa shape index (κ3) is 3.71. The van der Waals surface area contributed by atoms with Gasteiger partial charge in [-0.3, -0.25) is 10.4 Å². The molecule has 0 spiro atoms. The summed E-state index contributed by atoms with van der Waals surface area (Å²) in [5, 5.41) is 7.48. The summed E-state index contributed by atoms with van der Waals surface area (Å²) in [5.74, 6) is 1.16. The van der Waals surface area contributed by atoms with Crippen LogP contribution < -0.4 is 15.2 Å². The number of nitrogens with zero attached hydrogens (tertiary/aromatic N) is 1. The zero-order valence-electron chi connectivity index (χ0n) is 10.9. The average Bonchev–Trinajstić information content (AvgIpc) is 2.45. The molecule has 0 aliphatic heterocycles. The molecular weight excluding hydrogens is 322 g/mol. The van der Waals surface area contributed by atoms with E-state index >= 15 is 0 Å². The lowest BCUT2D eigenvalue weighted by molar-refractivity contribution is 0.303. The second-order valence-electron chi connectivity index (χ2n) is 4.11. The number of hydrogen-bond donors (Lipinski definition) is 2. The van der Waals surface area contributed by atoms with Crippen molar-refractivity contribution in [3.05, 3.63) is 52.3 Å². The van der Waals surface area contributed by atoms with Gasteiger partial charge < -0.3 is 15.2 Å². The van der Waals surface area contributed by atoms with E-state index in [1.807, 2.05) is 6.07 Å². The molecule has 104 valence electrons. The predicted molar refractivity (Wildman–Crippen MR) is 80.3 cm³/mol. The topological polar surface area (TPSA) is 81.2 Å². The summed E-state index contributed by atoms with van der Waals surface area (Å²) in [6.07, 6.45) is 3.44. The highest BCUT2D eigenvalue weighted by Gasteiger charge is 2.05. The lowest BCUT2D eigenvalue weighted by atomic mass is 10.2. The second-order valence-corrected chi connectivity index (χ2v) is 5.03. The number of rotatable bonds is 5. The fourth-order valence-corrected chi connectivity index (χ4v) is 2.04. The summed E-state index contributed by atoms with van der Waals surface area (Å²) < 4.78 is 11.7. The minimum Gasteiger partial charge on any atom is -0.497 e. The van der Waals surface area contributed by atoms with Crippen molar-refractivity contribution >= 4 is 21.8 Å². The zero-order valence-corrected chi connectivity index (χ0v) is 12.5. The third-order valence-electron chi connectivity index (χ3n) is 2.59. The van der Waals surface area contributed by atoms with E-state index in [0.717, 1.165) is 10.0 Å². The first-order valence-electron chi connectivity index (χ1n) is 5.84. The fraction of sp³-hybridized carbons (Fsp3) is 0.143. The van der Waals surface area contributed by atoms with Crippen LogP contribution in [-0.4, -0.2) is 17.9 Å². The molecule has 0 bridgehead atoms. The Hall–Kier alpha value is -2.08. The van der Waals surface area contributed by atoms with E-state index in [1.165, 1.54) is 0 Å². The van der Waals surface area contributed by atoms with Gasteiger partial charge in [0.15, 0.2) is 0 Å². The van der Waals surface area contributed by atoms with Gasteiger partial charge >= 0.3 is 0 Å². The van der Waals surface area contributed by atoms with E-state index in [4.69, 9.17) is 20.6 Å². The summed E-state index contributed by atoms with van der Waals surface area (Å²) in [5.41, 5.74) is 6.99. The number of ether oxygens (including phenoxy) is 2. The molecule has 1 aromatic carbocycles. The van der Waals surface area contributed by atoms with Crippen LogP contribution in [0.25, 0.3) is 0 Å². The first kappa shape index (κ1) is 14.3. The highest BCUT2D eigenvalue weighted by molar-refractivity contribution is 9.10. The molecule has 0 aliphatic carbocycles. The van der Waals surface area contributed by atoms with Gasteiger partial charge in [0.05, 0.1) is 7.11 Å². The largest absolute Gasteiger partial charge is 0.497 e. The Labute approximate surface area is 125 Å². The lowest BCUT2D eigenvalue weighted by Crippen LogP contribution is -2.11. The van der Waals surface area contributed by atoms with Crippen LogP contribution in [0.2, 0.25) is 0 Å². The molecule has 0 saturated carbocycles.